The molecule has 0 aliphatic carbocycles. The zero-order chi connectivity index (χ0) is 14.4. The first-order chi connectivity index (χ1) is 9.55. The van der Waals surface area contributed by atoms with E-state index >= 15 is 0 Å². The van der Waals surface area contributed by atoms with Gasteiger partial charge in [0.25, 0.3) is 0 Å². The van der Waals surface area contributed by atoms with Crippen molar-refractivity contribution in [2.75, 3.05) is 38.2 Å². The summed E-state index contributed by atoms with van der Waals surface area (Å²) in [6, 6.07) is 6.11. The second-order valence-electron chi connectivity index (χ2n) is 5.43. The van der Waals surface area contributed by atoms with E-state index in [-0.39, 0.29) is 6.04 Å². The van der Waals surface area contributed by atoms with Gasteiger partial charge < -0.3 is 10.2 Å². The van der Waals surface area contributed by atoms with Gasteiger partial charge in [-0.3, -0.25) is 4.98 Å². The number of nitrogens with zero attached hydrogens (tertiary/aromatic N) is 2. The zero-order valence-corrected chi connectivity index (χ0v) is 12.8. The van der Waals surface area contributed by atoms with Crippen molar-refractivity contribution >= 4 is 9.84 Å². The first-order valence-electron chi connectivity index (χ1n) is 7.07. The summed E-state index contributed by atoms with van der Waals surface area (Å²) in [6.45, 7) is 2.71. The van der Waals surface area contributed by atoms with E-state index in [2.05, 4.69) is 22.2 Å². The molecule has 1 fully saturated rings. The summed E-state index contributed by atoms with van der Waals surface area (Å²) < 4.78 is 22.7. The number of pyridine rings is 1. The maximum Gasteiger partial charge on any atom is 0.151 e. The van der Waals surface area contributed by atoms with Gasteiger partial charge in [0.2, 0.25) is 0 Å². The highest BCUT2D eigenvalue weighted by Gasteiger charge is 2.27. The van der Waals surface area contributed by atoms with Crippen LogP contribution in [0.25, 0.3) is 0 Å². The Morgan fingerprint density at radius 2 is 2.25 bits per heavy atom. The Balaban J connectivity index is 1.60. The smallest absolute Gasteiger partial charge is 0.151 e. The molecule has 1 aliphatic rings. The molecular formula is C14H23N3O2S. The number of likely N-dealkylation sites (N-methyl/N-ethyl adjacent to an activating group) is 1. The topological polar surface area (TPSA) is 62.3 Å². The fraction of sp³-hybridized carbons (Fsp3) is 0.643. The molecule has 0 spiro atoms. The van der Waals surface area contributed by atoms with Crippen LogP contribution in [0.2, 0.25) is 0 Å². The van der Waals surface area contributed by atoms with E-state index < -0.39 is 9.84 Å². The summed E-state index contributed by atoms with van der Waals surface area (Å²) in [4.78, 5) is 6.54. The highest BCUT2D eigenvalue weighted by atomic mass is 32.2. The van der Waals surface area contributed by atoms with E-state index in [0.29, 0.717) is 11.5 Å². The number of sulfone groups is 1. The summed E-state index contributed by atoms with van der Waals surface area (Å²) in [6.07, 6.45) is 3.51. The van der Waals surface area contributed by atoms with E-state index in [1.54, 1.807) is 0 Å². The van der Waals surface area contributed by atoms with Crippen LogP contribution in [0, 0.1) is 0 Å². The van der Waals surface area contributed by atoms with E-state index in [1.165, 1.54) is 0 Å². The van der Waals surface area contributed by atoms with Crippen LogP contribution in [0.5, 0.6) is 0 Å². The lowest BCUT2D eigenvalue weighted by Gasteiger charge is -2.18. The van der Waals surface area contributed by atoms with Crippen molar-refractivity contribution in [3.63, 3.8) is 0 Å². The maximum absolute atomic E-state index is 11.3. The lowest BCUT2D eigenvalue weighted by molar-refractivity contribution is 0.328. The molecule has 1 atom stereocenters. The number of rotatable bonds is 7. The normalized spacial score (nSPS) is 21.4. The standard InChI is InChI=1S/C14H23N3O2S/c1-17(9-5-13-4-2-3-7-15-13)10-8-16-14-6-11-20(18,19)12-14/h2-4,7,14,16H,5-6,8-12H2,1H3. The number of nitrogens with one attached hydrogen (secondary N) is 1. The van der Waals surface area contributed by atoms with Crippen LogP contribution in [-0.4, -0.2) is 62.5 Å². The molecule has 1 aliphatic heterocycles. The van der Waals surface area contributed by atoms with Crippen molar-refractivity contribution in [3.05, 3.63) is 30.1 Å². The molecule has 0 aromatic carbocycles. The molecule has 1 unspecified atom stereocenters. The Hall–Kier alpha value is -0.980. The van der Waals surface area contributed by atoms with Gasteiger partial charge in [0.15, 0.2) is 9.84 Å². The average Bonchev–Trinajstić information content (AvgIpc) is 2.77. The monoisotopic (exact) mass is 297 g/mol. The molecule has 0 bridgehead atoms. The molecule has 0 radical (unpaired) electrons. The molecule has 112 valence electrons. The second-order valence-corrected chi connectivity index (χ2v) is 7.66. The van der Waals surface area contributed by atoms with Gasteiger partial charge in [-0.15, -0.1) is 0 Å². The van der Waals surface area contributed by atoms with Gasteiger partial charge in [-0.25, -0.2) is 8.42 Å². The Bertz CT molecular complexity index is 504. The summed E-state index contributed by atoms with van der Waals surface area (Å²) in [5.41, 5.74) is 1.11. The van der Waals surface area contributed by atoms with Crippen molar-refractivity contribution in [2.24, 2.45) is 0 Å². The molecular weight excluding hydrogens is 274 g/mol. The molecule has 0 amide bonds. The van der Waals surface area contributed by atoms with Crippen LogP contribution >= 0.6 is 0 Å². The lowest BCUT2D eigenvalue weighted by Crippen LogP contribution is -2.37. The molecule has 5 nitrogen and oxygen atoms in total. The molecule has 1 saturated heterocycles. The fourth-order valence-corrected chi connectivity index (χ4v) is 4.09. The molecule has 2 heterocycles. The zero-order valence-electron chi connectivity index (χ0n) is 12.0. The Labute approximate surface area is 121 Å². The molecule has 20 heavy (non-hydrogen) atoms. The predicted octanol–water partition coefficient (Wildman–Crippen LogP) is 0.333. The Morgan fingerprint density at radius 1 is 1.40 bits per heavy atom. The van der Waals surface area contributed by atoms with E-state index in [4.69, 9.17) is 0 Å². The highest BCUT2D eigenvalue weighted by molar-refractivity contribution is 7.91. The summed E-state index contributed by atoms with van der Waals surface area (Å²) in [5.74, 6) is 0.630. The first-order valence-corrected chi connectivity index (χ1v) is 8.89. The molecule has 6 heteroatoms. The van der Waals surface area contributed by atoms with Gasteiger partial charge in [-0.1, -0.05) is 6.07 Å². The van der Waals surface area contributed by atoms with Crippen molar-refractivity contribution in [2.45, 2.75) is 18.9 Å². The van der Waals surface area contributed by atoms with E-state index in [9.17, 15) is 8.42 Å². The molecule has 1 aromatic rings. The van der Waals surface area contributed by atoms with Crippen molar-refractivity contribution in [3.8, 4) is 0 Å². The van der Waals surface area contributed by atoms with Crippen molar-refractivity contribution in [1.29, 1.82) is 0 Å². The third kappa shape index (κ3) is 5.19. The first kappa shape index (κ1) is 15.4. The van der Waals surface area contributed by atoms with Gasteiger partial charge in [-0.05, 0) is 25.6 Å². The summed E-state index contributed by atoms with van der Waals surface area (Å²) >= 11 is 0. The van der Waals surface area contributed by atoms with Crippen LogP contribution in [-0.2, 0) is 16.3 Å². The van der Waals surface area contributed by atoms with Gasteiger partial charge in [0, 0.05) is 44.0 Å². The Kier molecular flexibility index (Phi) is 5.51. The molecule has 2 rings (SSSR count). The minimum Gasteiger partial charge on any atom is -0.312 e. The van der Waals surface area contributed by atoms with Gasteiger partial charge in [-0.2, -0.15) is 0 Å². The molecule has 0 saturated carbocycles. The van der Waals surface area contributed by atoms with Crippen LogP contribution in [0.3, 0.4) is 0 Å². The van der Waals surface area contributed by atoms with E-state index in [1.807, 2.05) is 24.4 Å². The number of aromatic nitrogens is 1. The van der Waals surface area contributed by atoms with Crippen LogP contribution in [0.1, 0.15) is 12.1 Å². The quantitative estimate of drug-likeness (QED) is 0.786. The SMILES string of the molecule is CN(CCNC1CCS(=O)(=O)C1)CCc1ccccn1. The summed E-state index contributed by atoms with van der Waals surface area (Å²) in [5, 5.41) is 3.33. The van der Waals surface area contributed by atoms with E-state index in [0.717, 1.165) is 38.2 Å². The summed E-state index contributed by atoms with van der Waals surface area (Å²) in [7, 11) is -0.697. The number of hydrogen-bond acceptors (Lipinski definition) is 5. The van der Waals surface area contributed by atoms with Gasteiger partial charge in [0.05, 0.1) is 11.5 Å². The maximum atomic E-state index is 11.3. The van der Waals surface area contributed by atoms with Crippen molar-refractivity contribution < 1.29 is 8.42 Å². The lowest BCUT2D eigenvalue weighted by atomic mass is 10.2. The van der Waals surface area contributed by atoms with Crippen molar-refractivity contribution in [1.82, 2.24) is 15.2 Å². The third-order valence-corrected chi connectivity index (χ3v) is 5.40. The minimum atomic E-state index is -2.78. The van der Waals surface area contributed by atoms with Crippen LogP contribution in [0.15, 0.2) is 24.4 Å². The fourth-order valence-electron chi connectivity index (χ4n) is 2.38. The molecule has 1 aromatic heterocycles. The minimum absolute atomic E-state index is 0.143. The average molecular weight is 297 g/mol. The van der Waals surface area contributed by atoms with Gasteiger partial charge >= 0.3 is 0 Å². The second kappa shape index (κ2) is 7.15. The Morgan fingerprint density at radius 3 is 2.90 bits per heavy atom. The predicted molar refractivity (Wildman–Crippen MR) is 80.5 cm³/mol. The van der Waals surface area contributed by atoms with Crippen LogP contribution < -0.4 is 5.32 Å². The largest absolute Gasteiger partial charge is 0.312 e. The third-order valence-electron chi connectivity index (χ3n) is 3.63. The van der Waals surface area contributed by atoms with Gasteiger partial charge in [0.1, 0.15) is 0 Å². The van der Waals surface area contributed by atoms with Crippen LogP contribution in [0.4, 0.5) is 0 Å². The molecule has 1 N–H and O–H groups in total. The highest BCUT2D eigenvalue weighted by Crippen LogP contribution is 2.10. The number of hydrogen-bond donors (Lipinski definition) is 1.